The third kappa shape index (κ3) is 2.76. The van der Waals surface area contributed by atoms with Gasteiger partial charge in [0.2, 0.25) is 0 Å². The molecule has 1 heterocycles. The predicted octanol–water partition coefficient (Wildman–Crippen LogP) is 3.41. The predicted molar refractivity (Wildman–Crippen MR) is 78.7 cm³/mol. The first kappa shape index (κ1) is 13.3. The first-order chi connectivity index (χ1) is 9.76. The first-order valence-corrected chi connectivity index (χ1v) is 7.36. The lowest BCUT2D eigenvalue weighted by Crippen LogP contribution is -2.15. The van der Waals surface area contributed by atoms with Gasteiger partial charge in [0.15, 0.2) is 11.5 Å². The van der Waals surface area contributed by atoms with Crippen molar-refractivity contribution in [1.29, 1.82) is 0 Å². The zero-order chi connectivity index (χ0) is 13.9. The maximum atomic E-state index is 9.19. The van der Waals surface area contributed by atoms with Crippen molar-refractivity contribution in [3.05, 3.63) is 47.5 Å². The number of aryl methyl sites for hydroxylation is 1. The summed E-state index contributed by atoms with van der Waals surface area (Å²) in [7, 11) is 0. The topological polar surface area (TPSA) is 38.7 Å². The fourth-order valence-corrected chi connectivity index (χ4v) is 3.08. The molecule has 104 valence electrons. The first-order valence-electron chi connectivity index (χ1n) is 6.54. The second kappa shape index (κ2) is 5.77. The smallest absolute Gasteiger partial charge is 0.162 e. The van der Waals surface area contributed by atoms with Crippen molar-refractivity contribution >= 4 is 11.8 Å². The van der Waals surface area contributed by atoms with Crippen molar-refractivity contribution in [1.82, 2.24) is 0 Å². The summed E-state index contributed by atoms with van der Waals surface area (Å²) >= 11 is 1.68. The molecule has 0 spiro atoms. The number of aliphatic hydroxyl groups is 1. The molecule has 1 aliphatic rings. The van der Waals surface area contributed by atoms with Crippen LogP contribution in [0.25, 0.3) is 0 Å². The average Bonchev–Trinajstić information content (AvgIpc) is 2.47. The third-order valence-electron chi connectivity index (χ3n) is 3.23. The Balaban J connectivity index is 1.82. The second-order valence-electron chi connectivity index (χ2n) is 4.65. The summed E-state index contributed by atoms with van der Waals surface area (Å²) < 4.78 is 11.1. The zero-order valence-electron chi connectivity index (χ0n) is 11.3. The van der Waals surface area contributed by atoms with Crippen LogP contribution in [0.1, 0.15) is 11.1 Å². The number of benzene rings is 2. The number of aliphatic hydroxyl groups excluding tert-OH is 1. The van der Waals surface area contributed by atoms with Crippen LogP contribution in [0.15, 0.2) is 46.2 Å². The van der Waals surface area contributed by atoms with Crippen LogP contribution in [0.2, 0.25) is 0 Å². The van der Waals surface area contributed by atoms with E-state index >= 15 is 0 Å². The molecule has 1 N–H and O–H groups in total. The molecule has 0 atom stereocenters. The lowest BCUT2D eigenvalue weighted by molar-refractivity contribution is 0.171. The Morgan fingerprint density at radius 1 is 1.00 bits per heavy atom. The summed E-state index contributed by atoms with van der Waals surface area (Å²) in [6.07, 6.45) is 0. The Labute approximate surface area is 122 Å². The van der Waals surface area contributed by atoms with Crippen LogP contribution in [0, 0.1) is 6.92 Å². The van der Waals surface area contributed by atoms with Gasteiger partial charge in [-0.2, -0.15) is 0 Å². The number of ether oxygens (including phenoxy) is 2. The van der Waals surface area contributed by atoms with Crippen molar-refractivity contribution < 1.29 is 14.6 Å². The molecule has 0 saturated heterocycles. The monoisotopic (exact) mass is 288 g/mol. The summed E-state index contributed by atoms with van der Waals surface area (Å²) in [5, 5.41) is 9.19. The molecule has 0 bridgehead atoms. The highest BCUT2D eigenvalue weighted by Crippen LogP contribution is 2.37. The second-order valence-corrected chi connectivity index (χ2v) is 5.80. The minimum Gasteiger partial charge on any atom is -0.486 e. The fraction of sp³-hybridized carbons (Fsp3) is 0.250. The molecule has 0 amide bonds. The number of hydrogen-bond donors (Lipinski definition) is 1. The van der Waals surface area contributed by atoms with Gasteiger partial charge in [-0.3, -0.25) is 0 Å². The summed E-state index contributed by atoms with van der Waals surface area (Å²) in [4.78, 5) is 2.27. The van der Waals surface area contributed by atoms with Crippen LogP contribution < -0.4 is 9.47 Å². The van der Waals surface area contributed by atoms with E-state index in [4.69, 9.17) is 9.47 Å². The van der Waals surface area contributed by atoms with Gasteiger partial charge in [-0.25, -0.2) is 0 Å². The fourth-order valence-electron chi connectivity index (χ4n) is 2.13. The molecule has 3 rings (SSSR count). The molecule has 0 radical (unpaired) electrons. The average molecular weight is 288 g/mol. The van der Waals surface area contributed by atoms with Crippen LogP contribution >= 0.6 is 11.8 Å². The van der Waals surface area contributed by atoms with Gasteiger partial charge in [0.1, 0.15) is 13.2 Å². The van der Waals surface area contributed by atoms with Gasteiger partial charge in [0.05, 0.1) is 6.61 Å². The summed E-state index contributed by atoms with van der Waals surface area (Å²) in [6, 6.07) is 12.1. The van der Waals surface area contributed by atoms with Crippen molar-refractivity contribution in [2.45, 2.75) is 23.3 Å². The van der Waals surface area contributed by atoms with E-state index in [1.165, 1.54) is 0 Å². The summed E-state index contributed by atoms with van der Waals surface area (Å²) in [5.41, 5.74) is 2.08. The van der Waals surface area contributed by atoms with Gasteiger partial charge in [-0.15, -0.1) is 0 Å². The van der Waals surface area contributed by atoms with Gasteiger partial charge >= 0.3 is 0 Å². The largest absolute Gasteiger partial charge is 0.486 e. The SMILES string of the molecule is Cc1cc(Sc2ccc3c(c2)OCCO3)ccc1CO. The van der Waals surface area contributed by atoms with E-state index in [9.17, 15) is 5.11 Å². The van der Waals surface area contributed by atoms with Crippen LogP contribution in [-0.4, -0.2) is 18.3 Å². The van der Waals surface area contributed by atoms with E-state index in [1.54, 1.807) is 11.8 Å². The van der Waals surface area contributed by atoms with E-state index in [-0.39, 0.29) is 6.61 Å². The van der Waals surface area contributed by atoms with Gasteiger partial charge in [-0.1, -0.05) is 17.8 Å². The molecule has 0 unspecified atom stereocenters. The number of fused-ring (bicyclic) bond motifs is 1. The molecule has 0 saturated carbocycles. The molecule has 3 nitrogen and oxygen atoms in total. The Morgan fingerprint density at radius 3 is 2.45 bits per heavy atom. The van der Waals surface area contributed by atoms with Gasteiger partial charge < -0.3 is 14.6 Å². The summed E-state index contributed by atoms with van der Waals surface area (Å²) in [5.74, 6) is 1.62. The van der Waals surface area contributed by atoms with Gasteiger partial charge in [0.25, 0.3) is 0 Å². The molecule has 20 heavy (non-hydrogen) atoms. The maximum Gasteiger partial charge on any atom is 0.162 e. The third-order valence-corrected chi connectivity index (χ3v) is 4.21. The molecule has 0 aromatic heterocycles. The van der Waals surface area contributed by atoms with Crippen LogP contribution in [0.3, 0.4) is 0 Å². The normalized spacial score (nSPS) is 13.3. The lowest BCUT2D eigenvalue weighted by Gasteiger charge is -2.18. The molecule has 0 aliphatic carbocycles. The van der Waals surface area contributed by atoms with Crippen molar-refractivity contribution in [2.24, 2.45) is 0 Å². The number of hydrogen-bond acceptors (Lipinski definition) is 4. The highest BCUT2D eigenvalue weighted by Gasteiger charge is 2.12. The van der Waals surface area contributed by atoms with Crippen LogP contribution in [0.5, 0.6) is 11.5 Å². The molecule has 2 aromatic carbocycles. The number of rotatable bonds is 3. The zero-order valence-corrected chi connectivity index (χ0v) is 12.1. The molecular formula is C16H16O3S. The Morgan fingerprint density at radius 2 is 1.70 bits per heavy atom. The Bertz CT molecular complexity index is 625. The Kier molecular flexibility index (Phi) is 3.85. The van der Waals surface area contributed by atoms with E-state index in [0.717, 1.165) is 32.4 Å². The van der Waals surface area contributed by atoms with Crippen LogP contribution in [-0.2, 0) is 6.61 Å². The maximum absolute atomic E-state index is 9.19. The van der Waals surface area contributed by atoms with E-state index in [2.05, 4.69) is 6.07 Å². The van der Waals surface area contributed by atoms with Crippen molar-refractivity contribution in [3.63, 3.8) is 0 Å². The Hall–Kier alpha value is -1.65. The minimum atomic E-state index is 0.0841. The standard InChI is InChI=1S/C16H16O3S/c1-11-8-13(3-2-12(11)10-17)20-14-4-5-15-16(9-14)19-7-6-18-15/h2-5,8-9,17H,6-7,10H2,1H3. The van der Waals surface area contributed by atoms with E-state index < -0.39 is 0 Å². The van der Waals surface area contributed by atoms with E-state index in [0.29, 0.717) is 13.2 Å². The molecule has 4 heteroatoms. The quantitative estimate of drug-likeness (QED) is 0.939. The van der Waals surface area contributed by atoms with Crippen molar-refractivity contribution in [3.8, 4) is 11.5 Å². The molecule has 0 fully saturated rings. The van der Waals surface area contributed by atoms with Crippen LogP contribution in [0.4, 0.5) is 0 Å². The molecular weight excluding hydrogens is 272 g/mol. The molecule has 1 aliphatic heterocycles. The lowest BCUT2D eigenvalue weighted by atomic mass is 10.1. The van der Waals surface area contributed by atoms with Gasteiger partial charge in [0, 0.05) is 9.79 Å². The highest BCUT2D eigenvalue weighted by molar-refractivity contribution is 7.99. The van der Waals surface area contributed by atoms with Crippen molar-refractivity contribution in [2.75, 3.05) is 13.2 Å². The molecule has 2 aromatic rings. The van der Waals surface area contributed by atoms with Gasteiger partial charge in [-0.05, 0) is 48.4 Å². The minimum absolute atomic E-state index is 0.0841. The highest BCUT2D eigenvalue weighted by atomic mass is 32.2. The van der Waals surface area contributed by atoms with E-state index in [1.807, 2.05) is 37.3 Å². The summed E-state index contributed by atoms with van der Waals surface area (Å²) in [6.45, 7) is 3.31.